The normalized spacial score (nSPS) is 21.3. The van der Waals surface area contributed by atoms with Crippen molar-refractivity contribution in [2.45, 2.75) is 45.4 Å². The van der Waals surface area contributed by atoms with E-state index in [4.69, 9.17) is 14.9 Å². The topological polar surface area (TPSA) is 51.6 Å². The van der Waals surface area contributed by atoms with Gasteiger partial charge in [-0.2, -0.15) is 0 Å². The minimum atomic E-state index is 0.395. The van der Waals surface area contributed by atoms with Crippen molar-refractivity contribution < 1.29 is 9.15 Å². The van der Waals surface area contributed by atoms with Gasteiger partial charge in [-0.15, -0.1) is 0 Å². The Morgan fingerprint density at radius 3 is 3.22 bits per heavy atom. The number of hydrogen-bond donors (Lipinski definition) is 1. The van der Waals surface area contributed by atoms with Gasteiger partial charge in [0.15, 0.2) is 0 Å². The Hall–Kier alpha value is -0.840. The fourth-order valence-electron chi connectivity index (χ4n) is 2.51. The first-order valence-corrected chi connectivity index (χ1v) is 6.92. The van der Waals surface area contributed by atoms with Crippen molar-refractivity contribution in [3.05, 3.63) is 23.7 Å². The number of nitrogens with zero attached hydrogens (tertiary/aromatic N) is 1. The van der Waals surface area contributed by atoms with Gasteiger partial charge in [0.2, 0.25) is 0 Å². The third-order valence-electron chi connectivity index (χ3n) is 3.44. The minimum Gasteiger partial charge on any atom is -0.468 e. The second-order valence-electron chi connectivity index (χ2n) is 4.94. The molecule has 1 unspecified atom stereocenters. The van der Waals surface area contributed by atoms with E-state index in [0.717, 1.165) is 38.4 Å². The Morgan fingerprint density at radius 2 is 2.44 bits per heavy atom. The molecule has 0 aliphatic carbocycles. The molecule has 0 spiro atoms. The van der Waals surface area contributed by atoms with Crippen LogP contribution in [0.25, 0.3) is 0 Å². The molecule has 1 aliphatic heterocycles. The van der Waals surface area contributed by atoms with E-state index < -0.39 is 0 Å². The molecule has 1 aliphatic rings. The van der Waals surface area contributed by atoms with Crippen LogP contribution in [0.2, 0.25) is 0 Å². The van der Waals surface area contributed by atoms with E-state index in [1.54, 1.807) is 6.26 Å². The predicted octanol–water partition coefficient (Wildman–Crippen LogP) is 2.13. The lowest BCUT2D eigenvalue weighted by atomic mass is 10.1. The molecular formula is C14H24N2O2. The van der Waals surface area contributed by atoms with Crippen molar-refractivity contribution in [1.29, 1.82) is 0 Å². The fraction of sp³-hybridized carbons (Fsp3) is 0.714. The van der Waals surface area contributed by atoms with Gasteiger partial charge in [-0.1, -0.05) is 6.92 Å². The van der Waals surface area contributed by atoms with Crippen LogP contribution in [0.4, 0.5) is 0 Å². The van der Waals surface area contributed by atoms with Crippen LogP contribution in [0.15, 0.2) is 16.7 Å². The lowest BCUT2D eigenvalue weighted by Crippen LogP contribution is -2.39. The lowest BCUT2D eigenvalue weighted by molar-refractivity contribution is -0.00234. The van der Waals surface area contributed by atoms with E-state index in [0.29, 0.717) is 12.6 Å². The van der Waals surface area contributed by atoms with Gasteiger partial charge in [-0.3, -0.25) is 4.90 Å². The zero-order valence-corrected chi connectivity index (χ0v) is 11.2. The Morgan fingerprint density at radius 1 is 1.56 bits per heavy atom. The van der Waals surface area contributed by atoms with Gasteiger partial charge in [0.25, 0.3) is 0 Å². The zero-order valence-electron chi connectivity index (χ0n) is 11.2. The van der Waals surface area contributed by atoms with Crippen LogP contribution in [-0.2, 0) is 17.8 Å². The number of hydrogen-bond acceptors (Lipinski definition) is 4. The summed E-state index contributed by atoms with van der Waals surface area (Å²) in [7, 11) is 0. The molecule has 1 aromatic rings. The summed E-state index contributed by atoms with van der Waals surface area (Å²) >= 11 is 0. The molecule has 4 heteroatoms. The maximum Gasteiger partial charge on any atom is 0.121 e. The summed E-state index contributed by atoms with van der Waals surface area (Å²) in [5, 5.41) is 0. The highest BCUT2D eigenvalue weighted by Gasteiger charge is 2.21. The van der Waals surface area contributed by atoms with Gasteiger partial charge in [0.1, 0.15) is 5.76 Å². The van der Waals surface area contributed by atoms with Crippen LogP contribution < -0.4 is 5.73 Å². The summed E-state index contributed by atoms with van der Waals surface area (Å²) in [5.41, 5.74) is 6.87. The highest BCUT2D eigenvalue weighted by Crippen LogP contribution is 2.18. The van der Waals surface area contributed by atoms with Crippen molar-refractivity contribution in [3.8, 4) is 0 Å². The summed E-state index contributed by atoms with van der Waals surface area (Å²) in [6, 6.07) is 2.03. The van der Waals surface area contributed by atoms with E-state index in [1.165, 1.54) is 18.4 Å². The Kier molecular flexibility index (Phi) is 5.23. The second-order valence-corrected chi connectivity index (χ2v) is 4.94. The Balaban J connectivity index is 1.85. The molecule has 0 saturated carbocycles. The number of piperidine rings is 1. The summed E-state index contributed by atoms with van der Waals surface area (Å²) in [5.74, 6) is 0.909. The largest absolute Gasteiger partial charge is 0.468 e. The highest BCUT2D eigenvalue weighted by atomic mass is 16.5. The number of ether oxygens (including phenoxy) is 1. The number of rotatable bonds is 6. The molecule has 1 saturated heterocycles. The molecule has 2 heterocycles. The zero-order chi connectivity index (χ0) is 12.8. The quantitative estimate of drug-likeness (QED) is 0.842. The van der Waals surface area contributed by atoms with Crippen LogP contribution in [-0.4, -0.2) is 30.7 Å². The molecule has 1 atom stereocenters. The van der Waals surface area contributed by atoms with E-state index in [9.17, 15) is 0 Å². The van der Waals surface area contributed by atoms with Gasteiger partial charge in [0.05, 0.1) is 18.9 Å². The number of likely N-dealkylation sites (tertiary alicyclic amines) is 1. The lowest BCUT2D eigenvalue weighted by Gasteiger charge is -2.32. The van der Waals surface area contributed by atoms with Gasteiger partial charge in [-0.05, 0) is 31.9 Å². The van der Waals surface area contributed by atoms with Crippen LogP contribution in [0, 0.1) is 0 Å². The molecule has 18 heavy (non-hydrogen) atoms. The molecule has 102 valence electrons. The van der Waals surface area contributed by atoms with Crippen LogP contribution in [0.3, 0.4) is 0 Å². The van der Waals surface area contributed by atoms with Crippen molar-refractivity contribution >= 4 is 0 Å². The van der Waals surface area contributed by atoms with Crippen molar-refractivity contribution in [2.75, 3.05) is 19.7 Å². The molecule has 0 amide bonds. The summed E-state index contributed by atoms with van der Waals surface area (Å²) in [4.78, 5) is 2.44. The molecule has 2 N–H and O–H groups in total. The van der Waals surface area contributed by atoms with Crippen LogP contribution in [0.5, 0.6) is 0 Å². The standard InChI is InChI=1S/C14H24N2O2/c1-2-7-17-13-4-3-6-16(11-13)10-12-5-8-18-14(12)9-15/h5,8,13H,2-4,6-7,9-11,15H2,1H3. The molecule has 0 radical (unpaired) electrons. The van der Waals surface area contributed by atoms with E-state index in [2.05, 4.69) is 11.8 Å². The first-order valence-electron chi connectivity index (χ1n) is 6.92. The molecule has 0 aromatic carbocycles. The summed E-state index contributed by atoms with van der Waals surface area (Å²) in [6.07, 6.45) is 5.62. The van der Waals surface area contributed by atoms with Gasteiger partial charge >= 0.3 is 0 Å². The molecule has 4 nitrogen and oxygen atoms in total. The first-order chi connectivity index (χ1) is 8.83. The minimum absolute atomic E-state index is 0.395. The average molecular weight is 252 g/mol. The monoisotopic (exact) mass is 252 g/mol. The van der Waals surface area contributed by atoms with Crippen molar-refractivity contribution in [3.63, 3.8) is 0 Å². The number of nitrogens with two attached hydrogens (primary N) is 1. The predicted molar refractivity (Wildman–Crippen MR) is 71.1 cm³/mol. The molecular weight excluding hydrogens is 228 g/mol. The molecule has 1 aromatic heterocycles. The summed E-state index contributed by atoms with van der Waals surface area (Å²) < 4.78 is 11.2. The smallest absolute Gasteiger partial charge is 0.121 e. The van der Waals surface area contributed by atoms with Gasteiger partial charge in [0, 0.05) is 25.3 Å². The van der Waals surface area contributed by atoms with Crippen molar-refractivity contribution in [2.24, 2.45) is 5.73 Å². The number of furan rings is 1. The van der Waals surface area contributed by atoms with E-state index in [1.807, 2.05) is 6.07 Å². The highest BCUT2D eigenvalue weighted by molar-refractivity contribution is 5.16. The SMILES string of the molecule is CCCOC1CCCN(Cc2ccoc2CN)C1. The second kappa shape index (κ2) is 6.92. The fourth-order valence-corrected chi connectivity index (χ4v) is 2.51. The van der Waals surface area contributed by atoms with Crippen LogP contribution >= 0.6 is 0 Å². The summed E-state index contributed by atoms with van der Waals surface area (Å²) in [6.45, 7) is 6.59. The van der Waals surface area contributed by atoms with Crippen molar-refractivity contribution in [1.82, 2.24) is 4.90 Å². The average Bonchev–Trinajstić information content (AvgIpc) is 2.84. The Labute approximate surface area is 109 Å². The third kappa shape index (κ3) is 3.57. The van der Waals surface area contributed by atoms with Gasteiger partial charge in [-0.25, -0.2) is 0 Å². The maximum atomic E-state index is 5.85. The van der Waals surface area contributed by atoms with E-state index in [-0.39, 0.29) is 0 Å². The maximum absolute atomic E-state index is 5.85. The molecule has 0 bridgehead atoms. The Bertz CT molecular complexity index is 351. The molecule has 2 rings (SSSR count). The molecule has 1 fully saturated rings. The third-order valence-corrected chi connectivity index (χ3v) is 3.44. The first kappa shape index (κ1) is 13.6. The van der Waals surface area contributed by atoms with E-state index >= 15 is 0 Å². The van der Waals surface area contributed by atoms with Crippen LogP contribution in [0.1, 0.15) is 37.5 Å². The van der Waals surface area contributed by atoms with Gasteiger partial charge < -0.3 is 14.9 Å².